The number of hydrogen-bond acceptors (Lipinski definition) is 3. The third kappa shape index (κ3) is 4.48. The van der Waals surface area contributed by atoms with Crippen molar-refractivity contribution in [2.45, 2.75) is 27.3 Å². The molecule has 6 heteroatoms. The highest BCUT2D eigenvalue weighted by Crippen LogP contribution is 2.15. The second-order valence-electron chi connectivity index (χ2n) is 6.32. The molecule has 122 valence electrons. The van der Waals surface area contributed by atoms with Crippen molar-refractivity contribution in [1.82, 2.24) is 14.9 Å². The van der Waals surface area contributed by atoms with Gasteiger partial charge in [-0.1, -0.05) is 20.8 Å². The van der Waals surface area contributed by atoms with E-state index in [1.807, 2.05) is 20.8 Å². The van der Waals surface area contributed by atoms with Gasteiger partial charge in [-0.2, -0.15) is 0 Å². The van der Waals surface area contributed by atoms with Crippen molar-refractivity contribution >= 4 is 5.91 Å². The van der Waals surface area contributed by atoms with E-state index in [1.165, 1.54) is 29.1 Å². The zero-order chi connectivity index (χ0) is 17.0. The summed E-state index contributed by atoms with van der Waals surface area (Å²) in [5, 5.41) is 2.78. The molecule has 0 unspecified atom stereocenters. The number of aromatic nitrogens is 2. The van der Waals surface area contributed by atoms with E-state index < -0.39 is 5.41 Å². The minimum atomic E-state index is -0.463. The van der Waals surface area contributed by atoms with Gasteiger partial charge in [-0.05, 0) is 24.3 Å². The molecule has 0 spiro atoms. The highest BCUT2D eigenvalue weighted by Gasteiger charge is 2.20. The molecule has 1 amide bonds. The normalized spacial score (nSPS) is 11.3. The van der Waals surface area contributed by atoms with Crippen LogP contribution in [0.4, 0.5) is 4.39 Å². The van der Waals surface area contributed by atoms with Crippen LogP contribution in [0.2, 0.25) is 0 Å². The Balaban J connectivity index is 2.04. The Morgan fingerprint density at radius 2 is 1.91 bits per heavy atom. The van der Waals surface area contributed by atoms with E-state index in [9.17, 15) is 14.0 Å². The van der Waals surface area contributed by atoms with Crippen molar-refractivity contribution in [2.75, 3.05) is 6.54 Å². The molecule has 2 rings (SSSR count). The van der Waals surface area contributed by atoms with Gasteiger partial charge in [0.15, 0.2) is 0 Å². The summed E-state index contributed by atoms with van der Waals surface area (Å²) in [5.74, 6) is -0.405. The Hall–Kier alpha value is -2.50. The summed E-state index contributed by atoms with van der Waals surface area (Å²) in [4.78, 5) is 28.1. The lowest BCUT2D eigenvalue weighted by molar-refractivity contribution is -0.128. The number of nitrogens with zero attached hydrogens (tertiary/aromatic N) is 2. The molecule has 5 nitrogen and oxygen atoms in total. The average molecular weight is 317 g/mol. The van der Waals surface area contributed by atoms with E-state index >= 15 is 0 Å². The maximum atomic E-state index is 12.9. The summed E-state index contributed by atoms with van der Waals surface area (Å²) >= 11 is 0. The third-order valence-electron chi connectivity index (χ3n) is 3.34. The van der Waals surface area contributed by atoms with Gasteiger partial charge >= 0.3 is 0 Å². The van der Waals surface area contributed by atoms with Gasteiger partial charge in [0.2, 0.25) is 5.91 Å². The largest absolute Gasteiger partial charge is 0.354 e. The first kappa shape index (κ1) is 16.9. The topological polar surface area (TPSA) is 64.0 Å². The molecule has 2 aromatic rings. The quantitative estimate of drug-likeness (QED) is 0.940. The minimum Gasteiger partial charge on any atom is -0.354 e. The Labute approximate surface area is 134 Å². The van der Waals surface area contributed by atoms with Crippen molar-refractivity contribution in [1.29, 1.82) is 0 Å². The molecular weight excluding hydrogens is 297 g/mol. The van der Waals surface area contributed by atoms with Crippen LogP contribution in [-0.4, -0.2) is 22.0 Å². The highest BCUT2D eigenvalue weighted by molar-refractivity contribution is 5.81. The lowest BCUT2D eigenvalue weighted by Gasteiger charge is -2.17. The number of halogens is 1. The maximum absolute atomic E-state index is 12.9. The number of rotatable bonds is 4. The first-order chi connectivity index (χ1) is 10.8. The van der Waals surface area contributed by atoms with E-state index in [0.29, 0.717) is 24.3 Å². The molecule has 1 aromatic heterocycles. The third-order valence-corrected chi connectivity index (χ3v) is 3.34. The molecule has 0 saturated carbocycles. The summed E-state index contributed by atoms with van der Waals surface area (Å²) in [5.41, 5.74) is 0.487. The SMILES string of the molecule is CC(C)(C)C(=O)NCCn1cnc(-c2ccc(F)cc2)cc1=O. The molecule has 1 heterocycles. The molecular formula is C17H20FN3O2. The van der Waals surface area contributed by atoms with Crippen LogP contribution in [0.1, 0.15) is 20.8 Å². The smallest absolute Gasteiger partial charge is 0.253 e. The summed E-state index contributed by atoms with van der Waals surface area (Å²) in [6.45, 7) is 6.18. The molecule has 0 radical (unpaired) electrons. The van der Waals surface area contributed by atoms with Gasteiger partial charge in [0, 0.05) is 30.1 Å². The van der Waals surface area contributed by atoms with Crippen molar-refractivity contribution in [3.8, 4) is 11.3 Å². The van der Waals surface area contributed by atoms with E-state index in [-0.39, 0.29) is 17.3 Å². The summed E-state index contributed by atoms with van der Waals surface area (Å²) in [6, 6.07) is 7.20. The Morgan fingerprint density at radius 1 is 1.26 bits per heavy atom. The van der Waals surface area contributed by atoms with Crippen LogP contribution in [0.3, 0.4) is 0 Å². The van der Waals surface area contributed by atoms with Crippen molar-refractivity contribution in [2.24, 2.45) is 5.41 Å². The molecule has 0 bridgehead atoms. The van der Waals surface area contributed by atoms with Gasteiger partial charge in [-0.25, -0.2) is 9.37 Å². The molecule has 0 aliphatic heterocycles. The number of benzene rings is 1. The van der Waals surface area contributed by atoms with Crippen LogP contribution in [-0.2, 0) is 11.3 Å². The standard InChI is InChI=1S/C17H20FN3O2/c1-17(2,3)16(23)19-8-9-21-11-20-14(10-15(21)22)12-4-6-13(18)7-5-12/h4-7,10-11H,8-9H2,1-3H3,(H,19,23). The van der Waals surface area contributed by atoms with Gasteiger partial charge in [0.1, 0.15) is 5.82 Å². The fourth-order valence-corrected chi connectivity index (χ4v) is 1.93. The fourth-order valence-electron chi connectivity index (χ4n) is 1.93. The van der Waals surface area contributed by atoms with Gasteiger partial charge in [0.25, 0.3) is 5.56 Å². The fraction of sp³-hybridized carbons (Fsp3) is 0.353. The average Bonchev–Trinajstić information content (AvgIpc) is 2.48. The van der Waals surface area contributed by atoms with Gasteiger partial charge in [-0.15, -0.1) is 0 Å². The van der Waals surface area contributed by atoms with Gasteiger partial charge < -0.3 is 5.32 Å². The first-order valence-electron chi connectivity index (χ1n) is 7.38. The predicted molar refractivity (Wildman–Crippen MR) is 86.4 cm³/mol. The molecule has 0 aliphatic rings. The van der Waals surface area contributed by atoms with Crippen molar-refractivity contribution < 1.29 is 9.18 Å². The molecule has 23 heavy (non-hydrogen) atoms. The maximum Gasteiger partial charge on any atom is 0.253 e. The van der Waals surface area contributed by atoms with E-state index in [1.54, 1.807) is 12.1 Å². The Bertz CT molecular complexity index is 746. The number of nitrogens with one attached hydrogen (secondary N) is 1. The molecule has 1 aromatic carbocycles. The molecule has 0 aliphatic carbocycles. The van der Waals surface area contributed by atoms with E-state index in [2.05, 4.69) is 10.3 Å². The lowest BCUT2D eigenvalue weighted by Crippen LogP contribution is -2.37. The van der Waals surface area contributed by atoms with Crippen LogP contribution in [0.5, 0.6) is 0 Å². The zero-order valence-electron chi connectivity index (χ0n) is 13.5. The molecule has 1 N–H and O–H groups in total. The number of carbonyl (C=O) groups is 1. The second-order valence-corrected chi connectivity index (χ2v) is 6.32. The summed E-state index contributed by atoms with van der Waals surface area (Å²) in [6.07, 6.45) is 1.43. The Kier molecular flexibility index (Phi) is 4.93. The number of carbonyl (C=O) groups excluding carboxylic acids is 1. The zero-order valence-corrected chi connectivity index (χ0v) is 13.5. The second kappa shape index (κ2) is 6.73. The van der Waals surface area contributed by atoms with Crippen LogP contribution in [0, 0.1) is 11.2 Å². The predicted octanol–water partition coefficient (Wildman–Crippen LogP) is 2.21. The van der Waals surface area contributed by atoms with E-state index in [4.69, 9.17) is 0 Å². The molecule has 0 saturated heterocycles. The van der Waals surface area contributed by atoms with E-state index in [0.717, 1.165) is 0 Å². The van der Waals surface area contributed by atoms with Crippen LogP contribution in [0.15, 0.2) is 41.5 Å². The van der Waals surface area contributed by atoms with Gasteiger partial charge in [0.05, 0.1) is 12.0 Å². The number of amides is 1. The van der Waals surface area contributed by atoms with Gasteiger partial charge in [-0.3, -0.25) is 14.2 Å². The molecule has 0 fully saturated rings. The monoisotopic (exact) mass is 317 g/mol. The van der Waals surface area contributed by atoms with Crippen molar-refractivity contribution in [3.63, 3.8) is 0 Å². The van der Waals surface area contributed by atoms with Crippen LogP contribution < -0.4 is 10.9 Å². The summed E-state index contributed by atoms with van der Waals surface area (Å²) in [7, 11) is 0. The first-order valence-corrected chi connectivity index (χ1v) is 7.38. The highest BCUT2D eigenvalue weighted by atomic mass is 19.1. The molecule has 0 atom stereocenters. The Morgan fingerprint density at radius 3 is 2.48 bits per heavy atom. The van der Waals surface area contributed by atoms with Crippen LogP contribution >= 0.6 is 0 Å². The summed E-state index contributed by atoms with van der Waals surface area (Å²) < 4.78 is 14.3. The number of hydrogen-bond donors (Lipinski definition) is 1. The van der Waals surface area contributed by atoms with Crippen LogP contribution in [0.25, 0.3) is 11.3 Å². The van der Waals surface area contributed by atoms with Crippen molar-refractivity contribution in [3.05, 3.63) is 52.8 Å². The lowest BCUT2D eigenvalue weighted by atomic mass is 9.96. The minimum absolute atomic E-state index is 0.0681.